The van der Waals surface area contributed by atoms with Crippen molar-refractivity contribution in [2.75, 3.05) is 19.0 Å². The molecule has 3 amide bonds. The minimum atomic E-state index is -0.587. The summed E-state index contributed by atoms with van der Waals surface area (Å²) in [6.45, 7) is 1.68. The number of carbonyl (C=O) groups excluding carboxylic acids is 3. The number of carbonyl (C=O) groups is 3. The van der Waals surface area contributed by atoms with Crippen molar-refractivity contribution in [2.24, 2.45) is 0 Å². The van der Waals surface area contributed by atoms with E-state index in [-0.39, 0.29) is 23.2 Å². The van der Waals surface area contributed by atoms with Gasteiger partial charge in [-0.2, -0.15) is 0 Å². The summed E-state index contributed by atoms with van der Waals surface area (Å²) >= 11 is 6.82. The van der Waals surface area contributed by atoms with E-state index in [4.69, 9.17) is 21.7 Å². The number of anilines is 1. The van der Waals surface area contributed by atoms with E-state index < -0.39 is 11.8 Å². The molecule has 160 valence electrons. The molecule has 0 saturated carbocycles. The zero-order chi connectivity index (χ0) is 22.5. The van der Waals surface area contributed by atoms with Crippen LogP contribution in [0.3, 0.4) is 0 Å². The number of para-hydroxylation sites is 1. The predicted molar refractivity (Wildman–Crippen MR) is 128 cm³/mol. The van der Waals surface area contributed by atoms with Crippen LogP contribution in [-0.4, -0.2) is 36.6 Å². The lowest BCUT2D eigenvalue weighted by Gasteiger charge is -2.17. The fourth-order valence-corrected chi connectivity index (χ4v) is 3.74. The Kier molecular flexibility index (Phi) is 7.23. The lowest BCUT2D eigenvalue weighted by molar-refractivity contribution is -0.123. The number of methoxy groups -OCH3 is 1. The van der Waals surface area contributed by atoms with E-state index in [1.54, 1.807) is 12.1 Å². The number of benzene rings is 2. The second-order valence-corrected chi connectivity index (χ2v) is 8.05. The zero-order valence-corrected chi connectivity index (χ0v) is 19.6. The van der Waals surface area contributed by atoms with E-state index in [2.05, 4.69) is 16.0 Å². The standard InChI is InChI=1S/C21H18IN3O5S/c1-11-5-3-4-6-15(11)23-17(26)10-30-18-14(22)8-12(9-16(18)29-2)7-13-19(27)24-21(31)25-20(13)28/h3-9H,10H2,1-2H3,(H,23,26)(H2,24,25,27,28,31). The first-order valence-corrected chi connectivity index (χ1v) is 10.5. The molecule has 3 N–H and O–H groups in total. The molecule has 31 heavy (non-hydrogen) atoms. The van der Waals surface area contributed by atoms with Gasteiger partial charge in [-0.05, 0) is 77.1 Å². The maximum Gasteiger partial charge on any atom is 0.263 e. The van der Waals surface area contributed by atoms with Crippen LogP contribution < -0.4 is 25.4 Å². The molecule has 0 spiro atoms. The van der Waals surface area contributed by atoms with Crippen molar-refractivity contribution in [3.8, 4) is 11.5 Å². The Hall–Kier alpha value is -2.99. The van der Waals surface area contributed by atoms with Gasteiger partial charge < -0.3 is 14.8 Å². The van der Waals surface area contributed by atoms with Crippen LogP contribution in [0.4, 0.5) is 5.69 Å². The average molecular weight is 551 g/mol. The number of hydrogen-bond donors (Lipinski definition) is 3. The first-order valence-electron chi connectivity index (χ1n) is 9.02. The zero-order valence-electron chi connectivity index (χ0n) is 16.6. The molecule has 1 aliphatic rings. The van der Waals surface area contributed by atoms with Gasteiger partial charge in [0.2, 0.25) is 0 Å². The molecule has 2 aromatic carbocycles. The van der Waals surface area contributed by atoms with Crippen LogP contribution in [-0.2, 0) is 14.4 Å². The van der Waals surface area contributed by atoms with Crippen molar-refractivity contribution in [1.82, 2.24) is 10.6 Å². The fraction of sp³-hybridized carbons (Fsp3) is 0.143. The van der Waals surface area contributed by atoms with Crippen molar-refractivity contribution in [3.05, 3.63) is 56.7 Å². The molecule has 1 fully saturated rings. The summed E-state index contributed by atoms with van der Waals surface area (Å²) in [5.74, 6) is -0.754. The number of ether oxygens (including phenoxy) is 2. The smallest absolute Gasteiger partial charge is 0.263 e. The Morgan fingerprint density at radius 2 is 1.87 bits per heavy atom. The van der Waals surface area contributed by atoms with Gasteiger partial charge in [-0.3, -0.25) is 25.0 Å². The fourth-order valence-electron chi connectivity index (χ4n) is 2.77. The van der Waals surface area contributed by atoms with Crippen molar-refractivity contribution in [2.45, 2.75) is 6.92 Å². The normalized spacial score (nSPS) is 13.3. The van der Waals surface area contributed by atoms with Crippen LogP contribution in [0.15, 0.2) is 42.0 Å². The van der Waals surface area contributed by atoms with Gasteiger partial charge in [0.15, 0.2) is 23.2 Å². The Morgan fingerprint density at radius 3 is 2.52 bits per heavy atom. The lowest BCUT2D eigenvalue weighted by atomic mass is 10.1. The summed E-state index contributed by atoms with van der Waals surface area (Å²) in [6.07, 6.45) is 1.42. The van der Waals surface area contributed by atoms with Gasteiger partial charge in [0.25, 0.3) is 17.7 Å². The highest BCUT2D eigenvalue weighted by atomic mass is 127. The summed E-state index contributed by atoms with van der Waals surface area (Å²) < 4.78 is 11.7. The van der Waals surface area contributed by atoms with Crippen LogP contribution in [0.2, 0.25) is 0 Å². The first-order chi connectivity index (χ1) is 14.8. The van der Waals surface area contributed by atoms with Gasteiger partial charge in [0.05, 0.1) is 10.7 Å². The van der Waals surface area contributed by atoms with Crippen LogP contribution in [0.25, 0.3) is 6.08 Å². The highest BCUT2D eigenvalue weighted by Crippen LogP contribution is 2.34. The molecular formula is C21H18IN3O5S. The minimum absolute atomic E-state index is 0.0352. The molecule has 0 radical (unpaired) electrons. The third-order valence-corrected chi connectivity index (χ3v) is 5.28. The number of aryl methyl sites for hydroxylation is 1. The molecular weight excluding hydrogens is 533 g/mol. The first kappa shape index (κ1) is 22.7. The summed E-state index contributed by atoms with van der Waals surface area (Å²) in [5, 5.41) is 7.53. The third-order valence-electron chi connectivity index (χ3n) is 4.27. The van der Waals surface area contributed by atoms with Crippen molar-refractivity contribution in [3.63, 3.8) is 0 Å². The van der Waals surface area contributed by atoms with Gasteiger partial charge in [0.1, 0.15) is 5.57 Å². The topological polar surface area (TPSA) is 106 Å². The van der Waals surface area contributed by atoms with E-state index in [9.17, 15) is 14.4 Å². The lowest BCUT2D eigenvalue weighted by Crippen LogP contribution is -2.51. The molecule has 8 nitrogen and oxygen atoms in total. The van der Waals surface area contributed by atoms with Gasteiger partial charge >= 0.3 is 0 Å². The van der Waals surface area contributed by atoms with Crippen molar-refractivity contribution in [1.29, 1.82) is 0 Å². The van der Waals surface area contributed by atoms with E-state index >= 15 is 0 Å². The number of halogens is 1. The van der Waals surface area contributed by atoms with Gasteiger partial charge in [0, 0.05) is 5.69 Å². The molecule has 1 aliphatic heterocycles. The maximum atomic E-state index is 12.3. The summed E-state index contributed by atoms with van der Waals surface area (Å²) in [4.78, 5) is 36.4. The summed E-state index contributed by atoms with van der Waals surface area (Å²) in [5.41, 5.74) is 2.11. The molecule has 10 heteroatoms. The Bertz CT molecular complexity index is 1090. The van der Waals surface area contributed by atoms with Gasteiger partial charge in [-0.1, -0.05) is 18.2 Å². The molecule has 3 rings (SSSR count). The van der Waals surface area contributed by atoms with Gasteiger partial charge in [-0.25, -0.2) is 0 Å². The van der Waals surface area contributed by atoms with Crippen LogP contribution in [0.1, 0.15) is 11.1 Å². The van der Waals surface area contributed by atoms with E-state index in [0.717, 1.165) is 5.56 Å². The molecule has 0 bridgehead atoms. The summed E-state index contributed by atoms with van der Waals surface area (Å²) in [6, 6.07) is 10.7. The number of nitrogens with one attached hydrogen (secondary N) is 3. The van der Waals surface area contributed by atoms with E-state index in [1.165, 1.54) is 13.2 Å². The highest BCUT2D eigenvalue weighted by molar-refractivity contribution is 14.1. The number of rotatable bonds is 6. The molecule has 0 aliphatic carbocycles. The molecule has 1 heterocycles. The SMILES string of the molecule is COc1cc(C=C2C(=O)NC(=S)NC2=O)cc(I)c1OCC(=O)Nc1ccccc1C. The van der Waals surface area contributed by atoms with Crippen LogP contribution in [0, 0.1) is 10.5 Å². The average Bonchev–Trinajstić information content (AvgIpc) is 2.71. The quantitative estimate of drug-likeness (QED) is 0.221. The largest absolute Gasteiger partial charge is 0.493 e. The Balaban J connectivity index is 1.77. The van der Waals surface area contributed by atoms with Gasteiger partial charge in [-0.15, -0.1) is 0 Å². The number of hydrogen-bond acceptors (Lipinski definition) is 6. The molecule has 0 aromatic heterocycles. The minimum Gasteiger partial charge on any atom is -0.493 e. The Labute approximate surface area is 197 Å². The van der Waals surface area contributed by atoms with E-state index in [1.807, 2.05) is 53.8 Å². The van der Waals surface area contributed by atoms with Crippen LogP contribution >= 0.6 is 34.8 Å². The highest BCUT2D eigenvalue weighted by Gasteiger charge is 2.26. The molecule has 2 aromatic rings. The molecule has 1 saturated heterocycles. The van der Waals surface area contributed by atoms with Crippen molar-refractivity contribution >= 4 is 69.4 Å². The second-order valence-electron chi connectivity index (χ2n) is 6.48. The third kappa shape index (κ3) is 5.58. The van der Waals surface area contributed by atoms with Crippen molar-refractivity contribution < 1.29 is 23.9 Å². The molecule has 0 atom stereocenters. The summed E-state index contributed by atoms with van der Waals surface area (Å²) in [7, 11) is 1.46. The molecule has 0 unspecified atom stereocenters. The van der Waals surface area contributed by atoms with E-state index in [0.29, 0.717) is 26.3 Å². The number of thiocarbonyl (C=S) groups is 1. The second kappa shape index (κ2) is 9.88. The maximum absolute atomic E-state index is 12.3. The van der Waals surface area contributed by atoms with Crippen LogP contribution in [0.5, 0.6) is 11.5 Å². The number of amides is 3. The monoisotopic (exact) mass is 551 g/mol. The Morgan fingerprint density at radius 1 is 1.19 bits per heavy atom. The predicted octanol–water partition coefficient (Wildman–Crippen LogP) is 2.54.